The molecule has 1 aliphatic heterocycles. The Labute approximate surface area is 178 Å². The van der Waals surface area contributed by atoms with Crippen molar-refractivity contribution in [2.75, 3.05) is 19.6 Å². The third kappa shape index (κ3) is 4.41. The van der Waals surface area contributed by atoms with Crippen molar-refractivity contribution in [2.45, 2.75) is 22.8 Å². The molecule has 1 aliphatic rings. The summed E-state index contributed by atoms with van der Waals surface area (Å²) in [5.41, 5.74) is -0.489. The fourth-order valence-corrected chi connectivity index (χ4v) is 6.37. The Morgan fingerprint density at radius 1 is 0.774 bits per heavy atom. The lowest BCUT2D eigenvalue weighted by Crippen LogP contribution is -2.55. The second-order valence-corrected chi connectivity index (χ2v) is 10.7. The first-order valence-corrected chi connectivity index (χ1v) is 11.8. The van der Waals surface area contributed by atoms with E-state index in [9.17, 15) is 37.1 Å². The van der Waals surface area contributed by atoms with Crippen LogP contribution in [0.25, 0.3) is 0 Å². The molecule has 0 bridgehead atoms. The van der Waals surface area contributed by atoms with Crippen molar-refractivity contribution in [3.63, 3.8) is 0 Å². The second-order valence-electron chi connectivity index (χ2n) is 6.83. The van der Waals surface area contributed by atoms with Crippen molar-refractivity contribution in [3.05, 3.63) is 68.8 Å². The molecule has 1 saturated heterocycles. The monoisotopic (exact) mass is 470 g/mol. The van der Waals surface area contributed by atoms with Crippen molar-refractivity contribution < 1.29 is 26.7 Å². The van der Waals surface area contributed by atoms with Gasteiger partial charge in [0, 0.05) is 49.9 Å². The lowest BCUT2D eigenvalue weighted by Gasteiger charge is -2.38. The van der Waals surface area contributed by atoms with Gasteiger partial charge in [-0.15, -0.1) is 0 Å². The normalized spacial score (nSPS) is 18.5. The van der Waals surface area contributed by atoms with E-state index in [2.05, 4.69) is 0 Å². The first kappa shape index (κ1) is 22.7. The third-order valence-electron chi connectivity index (χ3n) is 4.87. The zero-order valence-corrected chi connectivity index (χ0v) is 17.8. The first-order chi connectivity index (χ1) is 14.4. The van der Waals surface area contributed by atoms with Gasteiger partial charge >= 0.3 is 0 Å². The van der Waals surface area contributed by atoms with Crippen molar-refractivity contribution in [3.8, 4) is 0 Å². The summed E-state index contributed by atoms with van der Waals surface area (Å²) in [6.45, 7) is 1.20. The molecule has 0 spiro atoms. The molecule has 1 fully saturated rings. The first-order valence-electron chi connectivity index (χ1n) is 8.95. The van der Waals surface area contributed by atoms with E-state index in [1.54, 1.807) is 6.92 Å². The summed E-state index contributed by atoms with van der Waals surface area (Å²) in [7, 11) is -7.96. The van der Waals surface area contributed by atoms with Crippen molar-refractivity contribution in [2.24, 2.45) is 0 Å². The highest BCUT2D eigenvalue weighted by Crippen LogP contribution is 2.26. The Balaban J connectivity index is 1.79. The van der Waals surface area contributed by atoms with Gasteiger partial charge in [-0.25, -0.2) is 16.8 Å². The molecule has 1 heterocycles. The predicted octanol–water partition coefficient (Wildman–Crippen LogP) is 1.59. The van der Waals surface area contributed by atoms with Gasteiger partial charge in [0.25, 0.3) is 11.4 Å². The number of sulfonamides is 2. The highest BCUT2D eigenvalue weighted by molar-refractivity contribution is 7.89. The number of non-ortho nitro benzene ring substituents is 2. The maximum Gasteiger partial charge on any atom is 0.269 e. The maximum absolute atomic E-state index is 12.9. The fourth-order valence-electron chi connectivity index (χ4n) is 3.25. The number of nitrogens with zero attached hydrogens (tertiary/aromatic N) is 4. The smallest absolute Gasteiger partial charge is 0.258 e. The number of hydrogen-bond donors (Lipinski definition) is 0. The molecule has 31 heavy (non-hydrogen) atoms. The van der Waals surface area contributed by atoms with Crippen LogP contribution in [0.2, 0.25) is 0 Å². The van der Waals surface area contributed by atoms with Gasteiger partial charge in [0.05, 0.1) is 19.6 Å². The highest BCUT2D eigenvalue weighted by atomic mass is 32.2. The van der Waals surface area contributed by atoms with Crippen molar-refractivity contribution in [1.82, 2.24) is 8.61 Å². The van der Waals surface area contributed by atoms with Gasteiger partial charge in [-0.1, -0.05) is 0 Å². The summed E-state index contributed by atoms with van der Waals surface area (Å²) < 4.78 is 53.9. The Kier molecular flexibility index (Phi) is 6.09. The molecule has 1 unspecified atom stereocenters. The van der Waals surface area contributed by atoms with Gasteiger partial charge in [-0.3, -0.25) is 20.2 Å². The molecule has 3 rings (SSSR count). The Hall–Kier alpha value is -2.94. The number of hydrogen-bond acceptors (Lipinski definition) is 8. The van der Waals surface area contributed by atoms with Crippen molar-refractivity contribution in [1.29, 1.82) is 0 Å². The molecule has 1 atom stereocenters. The summed E-state index contributed by atoms with van der Waals surface area (Å²) in [5, 5.41) is 21.5. The van der Waals surface area contributed by atoms with Crippen LogP contribution in [0.1, 0.15) is 6.92 Å². The molecule has 0 N–H and O–H groups in total. The van der Waals surface area contributed by atoms with Crippen molar-refractivity contribution >= 4 is 31.4 Å². The van der Waals surface area contributed by atoms with Crippen LogP contribution in [0, 0.1) is 20.2 Å². The number of piperazine rings is 1. The number of rotatable bonds is 6. The SMILES string of the molecule is CC1CN(S(=O)(=O)c2ccc([N+](=O)[O-])cc2)CCN1S(=O)(=O)c1ccc([N+](=O)[O-])cc1. The van der Waals surface area contributed by atoms with Gasteiger partial charge in [0.2, 0.25) is 20.0 Å². The Morgan fingerprint density at radius 3 is 1.58 bits per heavy atom. The zero-order chi connectivity index (χ0) is 23.0. The topological polar surface area (TPSA) is 161 Å². The largest absolute Gasteiger partial charge is 0.269 e. The lowest BCUT2D eigenvalue weighted by molar-refractivity contribution is -0.385. The van der Waals surface area contributed by atoms with E-state index in [1.807, 2.05) is 0 Å². The highest BCUT2D eigenvalue weighted by Gasteiger charge is 2.38. The summed E-state index contributed by atoms with van der Waals surface area (Å²) >= 11 is 0. The molecular formula is C17H18N4O8S2. The standard InChI is InChI=1S/C17H18N4O8S2/c1-13-12-18(30(26,27)16-6-2-14(3-7-16)20(22)23)10-11-19(13)31(28,29)17-8-4-15(5-9-17)21(24)25/h2-9,13H,10-12H2,1H3. The fraction of sp³-hybridized carbons (Fsp3) is 0.294. The van der Waals surface area contributed by atoms with E-state index in [4.69, 9.17) is 0 Å². The maximum atomic E-state index is 12.9. The van der Waals surface area contributed by atoms with Crippen LogP contribution < -0.4 is 0 Å². The molecule has 166 valence electrons. The van der Waals surface area contributed by atoms with Crippen LogP contribution in [0.15, 0.2) is 58.3 Å². The van der Waals surface area contributed by atoms with Crippen LogP contribution in [-0.2, 0) is 20.0 Å². The van der Waals surface area contributed by atoms with E-state index in [1.165, 1.54) is 0 Å². The Bertz CT molecular complexity index is 1210. The molecule has 0 aromatic heterocycles. The zero-order valence-electron chi connectivity index (χ0n) is 16.2. The summed E-state index contributed by atoms with van der Waals surface area (Å²) in [4.78, 5) is 20.0. The average Bonchev–Trinajstić information content (AvgIpc) is 2.73. The molecular weight excluding hydrogens is 452 g/mol. The van der Waals surface area contributed by atoms with Gasteiger partial charge in [0.1, 0.15) is 0 Å². The van der Waals surface area contributed by atoms with E-state index in [0.29, 0.717) is 0 Å². The summed E-state index contributed by atoms with van der Waals surface area (Å²) in [5.74, 6) is 0. The average molecular weight is 470 g/mol. The number of benzene rings is 2. The quantitative estimate of drug-likeness (QED) is 0.454. The Morgan fingerprint density at radius 2 is 1.19 bits per heavy atom. The third-order valence-corrected chi connectivity index (χ3v) is 8.78. The van der Waals surface area contributed by atoms with Crippen LogP contribution >= 0.6 is 0 Å². The van der Waals surface area contributed by atoms with Crippen LogP contribution in [0.4, 0.5) is 11.4 Å². The minimum Gasteiger partial charge on any atom is -0.258 e. The summed E-state index contributed by atoms with van der Waals surface area (Å²) in [6.07, 6.45) is 0. The minimum absolute atomic E-state index is 0.115. The van der Waals surface area contributed by atoms with Gasteiger partial charge in [-0.05, 0) is 31.2 Å². The van der Waals surface area contributed by atoms with Gasteiger partial charge in [0.15, 0.2) is 0 Å². The molecule has 0 aliphatic carbocycles. The van der Waals surface area contributed by atoms with Gasteiger partial charge in [-0.2, -0.15) is 8.61 Å². The molecule has 2 aromatic carbocycles. The van der Waals surface area contributed by atoms with Crippen LogP contribution in [0.3, 0.4) is 0 Å². The molecule has 14 heteroatoms. The molecule has 0 radical (unpaired) electrons. The van der Waals surface area contributed by atoms with E-state index < -0.39 is 35.9 Å². The number of nitro groups is 2. The number of nitro benzene ring substituents is 2. The van der Waals surface area contributed by atoms with Gasteiger partial charge < -0.3 is 0 Å². The summed E-state index contributed by atoms with van der Waals surface area (Å²) in [6, 6.07) is 8.20. The molecule has 2 aromatic rings. The predicted molar refractivity (Wildman–Crippen MR) is 108 cm³/mol. The van der Waals surface area contributed by atoms with Crippen LogP contribution in [0.5, 0.6) is 0 Å². The van der Waals surface area contributed by atoms with E-state index in [0.717, 1.165) is 57.1 Å². The second kappa shape index (κ2) is 8.30. The molecule has 0 saturated carbocycles. The van der Waals surface area contributed by atoms with E-state index in [-0.39, 0.29) is 40.8 Å². The molecule has 0 amide bonds. The lowest BCUT2D eigenvalue weighted by atomic mass is 10.3. The molecule has 12 nitrogen and oxygen atoms in total. The van der Waals surface area contributed by atoms with Crippen LogP contribution in [-0.4, -0.2) is 61.0 Å². The van der Waals surface area contributed by atoms with E-state index >= 15 is 0 Å². The minimum atomic E-state index is -3.99.